The van der Waals surface area contributed by atoms with Gasteiger partial charge in [-0.3, -0.25) is 14.3 Å². The van der Waals surface area contributed by atoms with Crippen LogP contribution in [0, 0.1) is 19.8 Å². The summed E-state index contributed by atoms with van der Waals surface area (Å²) in [7, 11) is 1.89. The van der Waals surface area contributed by atoms with Gasteiger partial charge in [0.15, 0.2) is 0 Å². The Morgan fingerprint density at radius 1 is 1.05 bits per heavy atom. The van der Waals surface area contributed by atoms with Crippen molar-refractivity contribution in [1.82, 2.24) is 20.0 Å². The van der Waals surface area contributed by atoms with E-state index in [9.17, 15) is 9.59 Å². The standard InChI is InChI=1S/C25H27N5O2.C6H15N/c1-15-4-9-22-21(10-15)28-23-20(13-27-29(23)3)14-30(22)25(32)18-7-8-19(16(2)11-18)12-26-24(31)17-5-6-17;1-4-7(5-2)6-3/h4,7-11,13,17,28H,5-6,12,14H2,1-3H3,(H,26,31);4-6H2,1-3H3. The molecule has 8 nitrogen and oxygen atoms in total. The number of carbonyl (C=O) groups excluding carboxylic acids is 2. The Balaban J connectivity index is 0.000000448. The first-order valence-corrected chi connectivity index (χ1v) is 14.1. The lowest BCUT2D eigenvalue weighted by Gasteiger charge is -2.23. The molecule has 0 saturated heterocycles. The van der Waals surface area contributed by atoms with Crippen LogP contribution in [0.3, 0.4) is 0 Å². The van der Waals surface area contributed by atoms with Gasteiger partial charge in [-0.1, -0.05) is 32.9 Å². The summed E-state index contributed by atoms with van der Waals surface area (Å²) in [4.78, 5) is 29.8. The summed E-state index contributed by atoms with van der Waals surface area (Å²) < 4.78 is 1.80. The first-order valence-electron chi connectivity index (χ1n) is 14.1. The largest absolute Gasteiger partial charge is 0.352 e. The van der Waals surface area contributed by atoms with Gasteiger partial charge in [-0.2, -0.15) is 5.10 Å². The zero-order valence-electron chi connectivity index (χ0n) is 24.2. The van der Waals surface area contributed by atoms with Gasteiger partial charge in [0.2, 0.25) is 5.91 Å². The van der Waals surface area contributed by atoms with Crippen molar-refractivity contribution in [2.75, 3.05) is 29.9 Å². The molecular formula is C31H42N6O2. The Hall–Kier alpha value is -3.65. The summed E-state index contributed by atoms with van der Waals surface area (Å²) in [5, 5.41) is 10.8. The van der Waals surface area contributed by atoms with E-state index in [-0.39, 0.29) is 17.7 Å². The fraction of sp³-hybridized carbons (Fsp3) is 0.452. The van der Waals surface area contributed by atoms with Gasteiger partial charge in [-0.05, 0) is 87.3 Å². The third kappa shape index (κ3) is 6.68. The van der Waals surface area contributed by atoms with E-state index >= 15 is 0 Å². The molecule has 2 aliphatic rings. The van der Waals surface area contributed by atoms with E-state index in [0.717, 1.165) is 52.3 Å². The maximum absolute atomic E-state index is 13.6. The molecule has 2 heterocycles. The van der Waals surface area contributed by atoms with Crippen LogP contribution in [-0.2, 0) is 24.9 Å². The molecule has 8 heteroatoms. The van der Waals surface area contributed by atoms with Gasteiger partial charge < -0.3 is 20.4 Å². The smallest absolute Gasteiger partial charge is 0.258 e. The quantitative estimate of drug-likeness (QED) is 0.432. The summed E-state index contributed by atoms with van der Waals surface area (Å²) in [6.07, 6.45) is 3.78. The predicted molar refractivity (Wildman–Crippen MR) is 157 cm³/mol. The van der Waals surface area contributed by atoms with Crippen LogP contribution in [-0.4, -0.2) is 46.1 Å². The molecular weight excluding hydrogens is 488 g/mol. The third-order valence-corrected chi connectivity index (χ3v) is 7.62. The summed E-state index contributed by atoms with van der Waals surface area (Å²) in [5.41, 5.74) is 6.45. The van der Waals surface area contributed by atoms with Crippen LogP contribution in [0.4, 0.5) is 17.2 Å². The number of hydrogen-bond donors (Lipinski definition) is 2. The molecule has 2 aromatic carbocycles. The van der Waals surface area contributed by atoms with Gasteiger partial charge in [-0.25, -0.2) is 0 Å². The Labute approximate surface area is 232 Å². The molecule has 39 heavy (non-hydrogen) atoms. The lowest BCUT2D eigenvalue weighted by Crippen LogP contribution is -2.30. The highest BCUT2D eigenvalue weighted by atomic mass is 16.2. The van der Waals surface area contributed by atoms with E-state index < -0.39 is 0 Å². The van der Waals surface area contributed by atoms with Gasteiger partial charge in [0.05, 0.1) is 24.1 Å². The average Bonchev–Trinajstić information content (AvgIpc) is 3.75. The zero-order valence-corrected chi connectivity index (χ0v) is 24.2. The molecule has 0 unspecified atom stereocenters. The van der Waals surface area contributed by atoms with Crippen molar-refractivity contribution >= 4 is 29.0 Å². The zero-order chi connectivity index (χ0) is 28.1. The van der Waals surface area contributed by atoms with Crippen molar-refractivity contribution < 1.29 is 9.59 Å². The highest BCUT2D eigenvalue weighted by molar-refractivity contribution is 6.08. The molecule has 2 N–H and O–H groups in total. The summed E-state index contributed by atoms with van der Waals surface area (Å²) >= 11 is 0. The third-order valence-electron chi connectivity index (χ3n) is 7.62. The summed E-state index contributed by atoms with van der Waals surface area (Å²) in [6.45, 7) is 15.1. The first-order chi connectivity index (χ1) is 18.7. The maximum Gasteiger partial charge on any atom is 0.258 e. The fourth-order valence-corrected chi connectivity index (χ4v) is 4.84. The van der Waals surface area contributed by atoms with Crippen molar-refractivity contribution in [3.8, 4) is 0 Å². The summed E-state index contributed by atoms with van der Waals surface area (Å²) in [6, 6.07) is 11.8. The molecule has 2 amide bonds. The van der Waals surface area contributed by atoms with Crippen molar-refractivity contribution in [1.29, 1.82) is 0 Å². The molecule has 1 aliphatic heterocycles. The Bertz CT molecular complexity index is 1320. The van der Waals surface area contributed by atoms with E-state index in [2.05, 4.69) is 47.5 Å². The number of amides is 2. The molecule has 3 aromatic rings. The highest BCUT2D eigenvalue weighted by Gasteiger charge is 2.30. The lowest BCUT2D eigenvalue weighted by atomic mass is 10.0. The van der Waals surface area contributed by atoms with Gasteiger partial charge in [0, 0.05) is 30.6 Å². The lowest BCUT2D eigenvalue weighted by molar-refractivity contribution is -0.122. The number of nitrogens with zero attached hydrogens (tertiary/aromatic N) is 4. The van der Waals surface area contributed by atoms with E-state index in [0.29, 0.717) is 18.7 Å². The number of fused-ring (bicyclic) bond motifs is 2. The Kier molecular flexibility index (Phi) is 9.07. The second-order valence-electron chi connectivity index (χ2n) is 10.4. The minimum absolute atomic E-state index is 0.0646. The molecule has 0 bridgehead atoms. The second-order valence-corrected chi connectivity index (χ2v) is 10.4. The minimum atomic E-state index is -0.0646. The van der Waals surface area contributed by atoms with Crippen LogP contribution < -0.4 is 15.5 Å². The second kappa shape index (κ2) is 12.5. The number of carbonyl (C=O) groups is 2. The molecule has 1 saturated carbocycles. The number of anilines is 3. The normalized spacial score (nSPS) is 14.0. The number of aryl methyl sites for hydroxylation is 3. The van der Waals surface area contributed by atoms with Crippen LogP contribution in [0.5, 0.6) is 0 Å². The topological polar surface area (TPSA) is 82.5 Å². The Morgan fingerprint density at radius 2 is 1.77 bits per heavy atom. The van der Waals surface area contributed by atoms with Crippen LogP contribution in [0.15, 0.2) is 42.6 Å². The number of nitrogens with one attached hydrogen (secondary N) is 2. The first kappa shape index (κ1) is 28.4. The van der Waals surface area contributed by atoms with Gasteiger partial charge in [-0.15, -0.1) is 0 Å². The van der Waals surface area contributed by atoms with Crippen LogP contribution >= 0.6 is 0 Å². The van der Waals surface area contributed by atoms with Gasteiger partial charge in [0.1, 0.15) is 5.82 Å². The molecule has 1 aromatic heterocycles. The van der Waals surface area contributed by atoms with Gasteiger partial charge >= 0.3 is 0 Å². The van der Waals surface area contributed by atoms with Crippen LogP contribution in [0.1, 0.15) is 66.2 Å². The van der Waals surface area contributed by atoms with Crippen molar-refractivity contribution in [3.63, 3.8) is 0 Å². The van der Waals surface area contributed by atoms with Gasteiger partial charge in [0.25, 0.3) is 5.91 Å². The maximum atomic E-state index is 13.6. The van der Waals surface area contributed by atoms with E-state index in [1.807, 2.05) is 51.2 Å². The number of benzene rings is 2. The van der Waals surface area contributed by atoms with E-state index in [1.54, 1.807) is 15.8 Å². The van der Waals surface area contributed by atoms with Crippen LogP contribution in [0.2, 0.25) is 0 Å². The minimum Gasteiger partial charge on any atom is -0.352 e. The highest BCUT2D eigenvalue weighted by Crippen LogP contribution is 2.37. The number of hydrogen-bond acceptors (Lipinski definition) is 5. The van der Waals surface area contributed by atoms with E-state index in [4.69, 9.17) is 0 Å². The molecule has 0 radical (unpaired) electrons. The number of rotatable bonds is 7. The van der Waals surface area contributed by atoms with Crippen molar-refractivity contribution in [2.45, 2.75) is 60.5 Å². The fourth-order valence-electron chi connectivity index (χ4n) is 4.84. The predicted octanol–water partition coefficient (Wildman–Crippen LogP) is 5.32. The molecule has 0 atom stereocenters. The molecule has 5 rings (SSSR count). The molecule has 1 fully saturated rings. The van der Waals surface area contributed by atoms with Crippen molar-refractivity contribution in [3.05, 3.63) is 70.4 Å². The van der Waals surface area contributed by atoms with Crippen LogP contribution in [0.25, 0.3) is 0 Å². The number of aromatic nitrogens is 2. The Morgan fingerprint density at radius 3 is 2.38 bits per heavy atom. The SMILES string of the molecule is CCN(CC)CC.Cc1ccc2c(c1)Nc1c(cnn1C)CN2C(=O)c1ccc(CNC(=O)C2CC2)c(C)c1. The molecule has 1 aliphatic carbocycles. The molecule has 0 spiro atoms. The van der Waals surface area contributed by atoms with Crippen molar-refractivity contribution in [2.24, 2.45) is 13.0 Å². The molecule has 208 valence electrons. The van der Waals surface area contributed by atoms with E-state index in [1.165, 1.54) is 19.6 Å². The summed E-state index contributed by atoms with van der Waals surface area (Å²) in [5.74, 6) is 1.14. The monoisotopic (exact) mass is 530 g/mol. The average molecular weight is 531 g/mol.